The Bertz CT molecular complexity index is 1050. The van der Waals surface area contributed by atoms with Gasteiger partial charge >= 0.3 is 18.0 Å². The third-order valence-corrected chi connectivity index (χ3v) is 5.82. The highest BCUT2D eigenvalue weighted by atomic mass is 16.5. The molecule has 2 amide bonds. The van der Waals surface area contributed by atoms with Crippen LogP contribution >= 0.6 is 0 Å². The Morgan fingerprint density at radius 1 is 0.971 bits per heavy atom. The van der Waals surface area contributed by atoms with E-state index in [1.165, 1.54) is 4.90 Å². The van der Waals surface area contributed by atoms with Gasteiger partial charge in [-0.05, 0) is 43.0 Å². The number of hydrogen-bond acceptors (Lipinski definition) is 6. The molecule has 0 bridgehead atoms. The fraction of sp³-hybridized carbons (Fsp3) is 0.385. The lowest BCUT2D eigenvalue weighted by Crippen LogP contribution is -2.53. The van der Waals surface area contributed by atoms with Crippen LogP contribution in [0.3, 0.4) is 0 Å². The monoisotopic (exact) mass is 482 g/mol. The van der Waals surface area contributed by atoms with Gasteiger partial charge in [-0.15, -0.1) is 0 Å². The summed E-state index contributed by atoms with van der Waals surface area (Å²) in [5.74, 6) is -2.78. The number of nitrogens with one attached hydrogen (secondary N) is 1. The summed E-state index contributed by atoms with van der Waals surface area (Å²) in [7, 11) is 0. The molecule has 0 heterocycles. The predicted molar refractivity (Wildman–Crippen MR) is 128 cm³/mol. The maximum absolute atomic E-state index is 13.1. The molecular weight excluding hydrogens is 452 g/mol. The minimum atomic E-state index is -1.40. The van der Waals surface area contributed by atoms with Crippen LogP contribution in [0.25, 0.3) is 11.1 Å². The van der Waals surface area contributed by atoms with Crippen LogP contribution in [0.4, 0.5) is 4.79 Å². The van der Waals surface area contributed by atoms with E-state index in [1.54, 1.807) is 20.8 Å². The molecule has 2 aromatic carbocycles. The lowest BCUT2D eigenvalue weighted by atomic mass is 9.98. The third kappa shape index (κ3) is 6.17. The number of rotatable bonds is 10. The number of hydrogen-bond donors (Lipinski definition) is 2. The van der Waals surface area contributed by atoms with Gasteiger partial charge in [0.1, 0.15) is 19.2 Å². The van der Waals surface area contributed by atoms with Gasteiger partial charge in [0, 0.05) is 12.0 Å². The van der Waals surface area contributed by atoms with E-state index < -0.39 is 42.4 Å². The number of carboxylic acid groups (broad SMARTS) is 1. The highest BCUT2D eigenvalue weighted by molar-refractivity contribution is 5.91. The maximum atomic E-state index is 13.1. The van der Waals surface area contributed by atoms with Crippen LogP contribution in [0.5, 0.6) is 0 Å². The first-order valence-electron chi connectivity index (χ1n) is 11.5. The van der Waals surface area contributed by atoms with Crippen molar-refractivity contribution >= 4 is 23.9 Å². The lowest BCUT2D eigenvalue weighted by molar-refractivity contribution is -0.151. The number of ether oxygens (including phenoxy) is 2. The SMILES string of the molecule is CCOC(=O)CN(C(=O)C(CC(=O)O)NC(=O)OCC1c2ccccc2-c2ccccc21)C(C)C. The molecule has 0 radical (unpaired) electrons. The van der Waals surface area contributed by atoms with Crippen LogP contribution in [-0.4, -0.2) is 65.8 Å². The molecule has 1 unspecified atom stereocenters. The number of nitrogens with zero attached hydrogens (tertiary/aromatic N) is 1. The average molecular weight is 483 g/mol. The van der Waals surface area contributed by atoms with E-state index in [2.05, 4.69) is 5.32 Å². The summed E-state index contributed by atoms with van der Waals surface area (Å²) in [6.45, 7) is 4.82. The number of fused-ring (bicyclic) bond motifs is 3. The van der Waals surface area contributed by atoms with Crippen LogP contribution < -0.4 is 5.32 Å². The van der Waals surface area contributed by atoms with Crippen molar-refractivity contribution in [1.29, 1.82) is 0 Å². The first-order valence-corrected chi connectivity index (χ1v) is 11.5. The van der Waals surface area contributed by atoms with Gasteiger partial charge in [-0.3, -0.25) is 14.4 Å². The van der Waals surface area contributed by atoms with Crippen molar-refractivity contribution in [2.24, 2.45) is 0 Å². The highest BCUT2D eigenvalue weighted by Gasteiger charge is 2.33. The fourth-order valence-corrected chi connectivity index (χ4v) is 4.22. The Kier molecular flexibility index (Phi) is 8.46. The van der Waals surface area contributed by atoms with Crippen LogP contribution in [0.1, 0.15) is 44.2 Å². The molecule has 0 saturated heterocycles. The molecular formula is C26H30N2O7. The second-order valence-electron chi connectivity index (χ2n) is 8.49. The Balaban J connectivity index is 1.70. The van der Waals surface area contributed by atoms with Gasteiger partial charge in [0.25, 0.3) is 0 Å². The van der Waals surface area contributed by atoms with Crippen molar-refractivity contribution in [3.63, 3.8) is 0 Å². The number of alkyl carbamates (subject to hydrolysis) is 1. The van der Waals surface area contributed by atoms with Gasteiger partial charge in [-0.2, -0.15) is 0 Å². The van der Waals surface area contributed by atoms with Gasteiger partial charge in [0.05, 0.1) is 13.0 Å². The molecule has 2 N–H and O–H groups in total. The highest BCUT2D eigenvalue weighted by Crippen LogP contribution is 2.44. The van der Waals surface area contributed by atoms with E-state index in [-0.39, 0.29) is 25.7 Å². The number of carboxylic acids is 1. The maximum Gasteiger partial charge on any atom is 0.407 e. The molecule has 1 aliphatic carbocycles. The number of amides is 2. The molecule has 0 aliphatic heterocycles. The zero-order valence-corrected chi connectivity index (χ0v) is 20.0. The minimum absolute atomic E-state index is 0.0184. The van der Waals surface area contributed by atoms with E-state index in [1.807, 2.05) is 48.5 Å². The van der Waals surface area contributed by atoms with E-state index in [4.69, 9.17) is 9.47 Å². The molecule has 9 heteroatoms. The summed E-state index contributed by atoms with van der Waals surface area (Å²) in [6, 6.07) is 13.9. The van der Waals surface area contributed by atoms with Crippen LogP contribution in [0.15, 0.2) is 48.5 Å². The molecule has 0 saturated carbocycles. The van der Waals surface area contributed by atoms with Crippen LogP contribution in [0, 0.1) is 0 Å². The topological polar surface area (TPSA) is 122 Å². The molecule has 35 heavy (non-hydrogen) atoms. The largest absolute Gasteiger partial charge is 0.481 e. The molecule has 9 nitrogen and oxygen atoms in total. The number of aliphatic carboxylic acids is 1. The average Bonchev–Trinajstić information content (AvgIpc) is 3.14. The molecule has 186 valence electrons. The van der Waals surface area contributed by atoms with E-state index in [9.17, 15) is 24.3 Å². The zero-order valence-electron chi connectivity index (χ0n) is 20.0. The normalized spacial score (nSPS) is 12.9. The number of benzene rings is 2. The first kappa shape index (κ1) is 25.7. The van der Waals surface area contributed by atoms with Gasteiger partial charge in [-0.25, -0.2) is 4.79 Å². The summed E-state index contributed by atoms with van der Waals surface area (Å²) < 4.78 is 10.4. The smallest absolute Gasteiger partial charge is 0.407 e. The molecule has 2 aromatic rings. The van der Waals surface area contributed by atoms with Crippen molar-refractivity contribution in [2.45, 2.75) is 45.2 Å². The second kappa shape index (κ2) is 11.5. The van der Waals surface area contributed by atoms with Crippen molar-refractivity contribution in [3.05, 3.63) is 59.7 Å². The standard InChI is InChI=1S/C26H30N2O7/c1-4-34-24(31)14-28(16(2)3)25(32)22(13-23(29)30)27-26(33)35-15-21-19-11-7-5-9-17(19)18-10-6-8-12-20(18)21/h5-12,16,21-22H,4,13-15H2,1-3H3,(H,27,33)(H,29,30). The van der Waals surface area contributed by atoms with Gasteiger partial charge in [0.15, 0.2) is 0 Å². The summed E-state index contributed by atoms with van der Waals surface area (Å²) in [5.41, 5.74) is 4.20. The van der Waals surface area contributed by atoms with Crippen molar-refractivity contribution in [1.82, 2.24) is 10.2 Å². The summed E-state index contributed by atoms with van der Waals surface area (Å²) in [6.07, 6.45) is -1.57. The molecule has 0 spiro atoms. The zero-order chi connectivity index (χ0) is 25.5. The Hall–Kier alpha value is -3.88. The Morgan fingerprint density at radius 2 is 1.54 bits per heavy atom. The van der Waals surface area contributed by atoms with Crippen molar-refractivity contribution < 1.29 is 33.8 Å². The third-order valence-electron chi connectivity index (χ3n) is 5.82. The Morgan fingerprint density at radius 3 is 2.06 bits per heavy atom. The molecule has 1 aliphatic rings. The van der Waals surface area contributed by atoms with Gasteiger partial charge in [0.2, 0.25) is 5.91 Å². The molecule has 0 aromatic heterocycles. The fourth-order valence-electron chi connectivity index (χ4n) is 4.22. The minimum Gasteiger partial charge on any atom is -0.481 e. The summed E-state index contributed by atoms with van der Waals surface area (Å²) >= 11 is 0. The summed E-state index contributed by atoms with van der Waals surface area (Å²) in [4.78, 5) is 50.2. The lowest BCUT2D eigenvalue weighted by Gasteiger charge is -2.29. The van der Waals surface area contributed by atoms with E-state index in [0.29, 0.717) is 0 Å². The molecule has 3 rings (SSSR count). The number of carbonyl (C=O) groups excluding carboxylic acids is 3. The van der Waals surface area contributed by atoms with Gasteiger partial charge in [-0.1, -0.05) is 48.5 Å². The van der Waals surface area contributed by atoms with Gasteiger partial charge < -0.3 is 24.8 Å². The van der Waals surface area contributed by atoms with Crippen molar-refractivity contribution in [3.8, 4) is 11.1 Å². The Labute approximate surface area is 204 Å². The summed E-state index contributed by atoms with van der Waals surface area (Å²) in [5, 5.41) is 11.7. The van der Waals surface area contributed by atoms with E-state index >= 15 is 0 Å². The number of esters is 1. The second-order valence-corrected chi connectivity index (χ2v) is 8.49. The van der Waals surface area contributed by atoms with E-state index in [0.717, 1.165) is 22.3 Å². The van der Waals surface area contributed by atoms with Crippen LogP contribution in [0.2, 0.25) is 0 Å². The predicted octanol–water partition coefficient (Wildman–Crippen LogP) is 3.17. The molecule has 0 fully saturated rings. The first-order chi connectivity index (χ1) is 16.7. The quantitative estimate of drug-likeness (QED) is 0.499. The number of carbonyl (C=O) groups is 4. The van der Waals surface area contributed by atoms with Crippen LogP contribution in [-0.2, 0) is 23.9 Å². The molecule has 1 atom stereocenters. The van der Waals surface area contributed by atoms with Crippen molar-refractivity contribution in [2.75, 3.05) is 19.8 Å².